The van der Waals surface area contributed by atoms with E-state index < -0.39 is 0 Å². The van der Waals surface area contributed by atoms with Crippen LogP contribution in [0.25, 0.3) is 0 Å². The molecule has 0 bridgehead atoms. The number of carbonyl (C=O) groups is 1. The van der Waals surface area contributed by atoms with Crippen molar-refractivity contribution < 1.29 is 4.79 Å². The first-order chi connectivity index (χ1) is 7.66. The molecule has 5 nitrogen and oxygen atoms in total. The predicted molar refractivity (Wildman–Crippen MR) is 61.1 cm³/mol. The minimum absolute atomic E-state index is 0.0833. The van der Waals surface area contributed by atoms with Crippen LogP contribution in [0.4, 0.5) is 0 Å². The van der Waals surface area contributed by atoms with Gasteiger partial charge in [-0.25, -0.2) is 4.98 Å². The smallest absolute Gasteiger partial charge is 0.271 e. The number of nitrogens with one attached hydrogen (secondary N) is 2. The molecule has 2 atom stereocenters. The van der Waals surface area contributed by atoms with E-state index in [2.05, 4.69) is 22.5 Å². The lowest BCUT2D eigenvalue weighted by Gasteiger charge is -2.19. The highest BCUT2D eigenvalue weighted by atomic mass is 16.2. The molecule has 1 amide bonds. The number of imidazole rings is 1. The third kappa shape index (κ3) is 2.41. The SMILES string of the molecule is CC(NC(=O)c1cn(C)cn1)C1CCNC1. The van der Waals surface area contributed by atoms with Crippen molar-refractivity contribution in [2.75, 3.05) is 13.1 Å². The second kappa shape index (κ2) is 4.65. The number of hydrogen-bond acceptors (Lipinski definition) is 3. The maximum Gasteiger partial charge on any atom is 0.271 e. The summed E-state index contributed by atoms with van der Waals surface area (Å²) in [5, 5.41) is 6.30. The molecule has 0 aromatic carbocycles. The number of rotatable bonds is 3. The van der Waals surface area contributed by atoms with Crippen LogP contribution in [0.15, 0.2) is 12.5 Å². The molecule has 0 saturated carbocycles. The van der Waals surface area contributed by atoms with Gasteiger partial charge in [-0.1, -0.05) is 0 Å². The molecule has 1 aliphatic heterocycles. The highest BCUT2D eigenvalue weighted by molar-refractivity contribution is 5.92. The van der Waals surface area contributed by atoms with E-state index in [4.69, 9.17) is 0 Å². The van der Waals surface area contributed by atoms with Crippen LogP contribution < -0.4 is 10.6 Å². The molecule has 0 radical (unpaired) electrons. The first kappa shape index (κ1) is 11.1. The number of nitrogens with zero attached hydrogens (tertiary/aromatic N) is 2. The zero-order chi connectivity index (χ0) is 11.5. The van der Waals surface area contributed by atoms with E-state index in [-0.39, 0.29) is 11.9 Å². The van der Waals surface area contributed by atoms with Gasteiger partial charge < -0.3 is 15.2 Å². The standard InChI is InChI=1S/C11H18N4O/c1-8(9-3-4-12-5-9)14-11(16)10-6-15(2)7-13-10/h6-9,12H,3-5H2,1-2H3,(H,14,16). The van der Waals surface area contributed by atoms with Gasteiger partial charge in [0.25, 0.3) is 5.91 Å². The fraction of sp³-hybridized carbons (Fsp3) is 0.636. The molecule has 1 aromatic heterocycles. The van der Waals surface area contributed by atoms with Gasteiger partial charge in [0.1, 0.15) is 5.69 Å². The Labute approximate surface area is 95.2 Å². The zero-order valence-corrected chi connectivity index (χ0v) is 9.73. The topological polar surface area (TPSA) is 59.0 Å². The van der Waals surface area contributed by atoms with E-state index in [1.807, 2.05) is 7.05 Å². The Hall–Kier alpha value is -1.36. The average molecular weight is 222 g/mol. The predicted octanol–water partition coefficient (Wildman–Crippen LogP) is 0.148. The van der Waals surface area contributed by atoms with Crippen LogP contribution in [-0.4, -0.2) is 34.6 Å². The highest BCUT2D eigenvalue weighted by Crippen LogP contribution is 2.12. The molecule has 2 rings (SSSR count). The minimum atomic E-state index is -0.0833. The molecule has 88 valence electrons. The summed E-state index contributed by atoms with van der Waals surface area (Å²) in [4.78, 5) is 15.8. The monoisotopic (exact) mass is 222 g/mol. The second-order valence-corrected chi connectivity index (χ2v) is 4.44. The molecule has 0 aliphatic carbocycles. The number of hydrogen-bond donors (Lipinski definition) is 2. The minimum Gasteiger partial charge on any atom is -0.348 e. The van der Waals surface area contributed by atoms with Crippen molar-refractivity contribution in [2.24, 2.45) is 13.0 Å². The second-order valence-electron chi connectivity index (χ2n) is 4.44. The summed E-state index contributed by atoms with van der Waals surface area (Å²) in [7, 11) is 1.86. The van der Waals surface area contributed by atoms with Crippen molar-refractivity contribution in [2.45, 2.75) is 19.4 Å². The zero-order valence-electron chi connectivity index (χ0n) is 9.73. The lowest BCUT2D eigenvalue weighted by atomic mass is 10.0. The maximum atomic E-state index is 11.8. The number of carbonyl (C=O) groups excluding carboxylic acids is 1. The summed E-state index contributed by atoms with van der Waals surface area (Å²) in [5.74, 6) is 0.452. The van der Waals surface area contributed by atoms with Crippen molar-refractivity contribution in [1.82, 2.24) is 20.2 Å². The molecule has 2 heterocycles. The number of aromatic nitrogens is 2. The van der Waals surface area contributed by atoms with Gasteiger partial charge in [-0.15, -0.1) is 0 Å². The van der Waals surface area contributed by atoms with Crippen molar-refractivity contribution in [1.29, 1.82) is 0 Å². The Morgan fingerprint density at radius 2 is 2.56 bits per heavy atom. The van der Waals surface area contributed by atoms with Gasteiger partial charge in [0.2, 0.25) is 0 Å². The van der Waals surface area contributed by atoms with Gasteiger partial charge in [-0.05, 0) is 32.4 Å². The van der Waals surface area contributed by atoms with E-state index in [1.165, 1.54) is 0 Å². The molecule has 1 aromatic rings. The van der Waals surface area contributed by atoms with Crippen LogP contribution in [0.5, 0.6) is 0 Å². The van der Waals surface area contributed by atoms with Crippen LogP contribution in [0.3, 0.4) is 0 Å². The largest absolute Gasteiger partial charge is 0.348 e. The molecule has 0 spiro atoms. The van der Waals surface area contributed by atoms with Gasteiger partial charge >= 0.3 is 0 Å². The Kier molecular flexibility index (Phi) is 3.24. The third-order valence-electron chi connectivity index (χ3n) is 3.10. The fourth-order valence-corrected chi connectivity index (χ4v) is 2.03. The summed E-state index contributed by atoms with van der Waals surface area (Å²) in [6, 6.07) is 0.199. The normalized spacial score (nSPS) is 22.0. The number of aryl methyl sites for hydroxylation is 1. The maximum absolute atomic E-state index is 11.8. The van der Waals surface area contributed by atoms with Gasteiger partial charge in [0.15, 0.2) is 0 Å². The van der Waals surface area contributed by atoms with Gasteiger partial charge in [-0.3, -0.25) is 4.79 Å². The highest BCUT2D eigenvalue weighted by Gasteiger charge is 2.23. The van der Waals surface area contributed by atoms with Crippen LogP contribution in [0, 0.1) is 5.92 Å². The Morgan fingerprint density at radius 1 is 1.75 bits per heavy atom. The first-order valence-electron chi connectivity index (χ1n) is 5.66. The Bertz CT molecular complexity index is 368. The molecule has 16 heavy (non-hydrogen) atoms. The fourth-order valence-electron chi connectivity index (χ4n) is 2.03. The van der Waals surface area contributed by atoms with E-state index >= 15 is 0 Å². The van der Waals surface area contributed by atoms with Crippen molar-refractivity contribution in [3.8, 4) is 0 Å². The lowest BCUT2D eigenvalue weighted by Crippen LogP contribution is -2.39. The van der Waals surface area contributed by atoms with Gasteiger partial charge in [-0.2, -0.15) is 0 Å². The van der Waals surface area contributed by atoms with Gasteiger partial charge in [0.05, 0.1) is 6.33 Å². The van der Waals surface area contributed by atoms with E-state index in [9.17, 15) is 4.79 Å². The lowest BCUT2D eigenvalue weighted by molar-refractivity contribution is 0.0924. The molecule has 1 saturated heterocycles. The first-order valence-corrected chi connectivity index (χ1v) is 5.66. The summed E-state index contributed by atoms with van der Waals surface area (Å²) < 4.78 is 1.77. The Balaban J connectivity index is 1.91. The molecular formula is C11H18N4O. The van der Waals surface area contributed by atoms with Crippen LogP contribution in [0.2, 0.25) is 0 Å². The molecule has 2 N–H and O–H groups in total. The molecular weight excluding hydrogens is 204 g/mol. The van der Waals surface area contributed by atoms with Crippen LogP contribution in [0.1, 0.15) is 23.8 Å². The quantitative estimate of drug-likeness (QED) is 0.765. The number of amides is 1. The van der Waals surface area contributed by atoms with Crippen LogP contribution in [-0.2, 0) is 7.05 Å². The Morgan fingerprint density at radius 3 is 3.12 bits per heavy atom. The van der Waals surface area contributed by atoms with Crippen molar-refractivity contribution in [3.63, 3.8) is 0 Å². The summed E-state index contributed by atoms with van der Waals surface area (Å²) in [6.07, 6.45) is 4.50. The van der Waals surface area contributed by atoms with E-state index in [0.29, 0.717) is 11.6 Å². The molecule has 2 unspecified atom stereocenters. The molecule has 1 fully saturated rings. The summed E-state index contributed by atoms with van der Waals surface area (Å²) in [6.45, 7) is 4.09. The summed E-state index contributed by atoms with van der Waals surface area (Å²) in [5.41, 5.74) is 0.486. The third-order valence-corrected chi connectivity index (χ3v) is 3.10. The van der Waals surface area contributed by atoms with Crippen LogP contribution >= 0.6 is 0 Å². The summed E-state index contributed by atoms with van der Waals surface area (Å²) >= 11 is 0. The van der Waals surface area contributed by atoms with E-state index in [1.54, 1.807) is 17.1 Å². The van der Waals surface area contributed by atoms with E-state index in [0.717, 1.165) is 19.5 Å². The van der Waals surface area contributed by atoms with Crippen molar-refractivity contribution >= 4 is 5.91 Å². The molecule has 5 heteroatoms. The average Bonchev–Trinajstić information content (AvgIpc) is 2.87. The van der Waals surface area contributed by atoms with Gasteiger partial charge in [0, 0.05) is 19.3 Å². The molecule has 1 aliphatic rings. The van der Waals surface area contributed by atoms with Crippen molar-refractivity contribution in [3.05, 3.63) is 18.2 Å².